The summed E-state index contributed by atoms with van der Waals surface area (Å²) < 4.78 is 11.2. The van der Waals surface area contributed by atoms with Crippen LogP contribution in [0.4, 0.5) is 0 Å². The second-order valence-electron chi connectivity index (χ2n) is 7.25. The Morgan fingerprint density at radius 3 is 2.79 bits per heavy atom. The van der Waals surface area contributed by atoms with Crippen molar-refractivity contribution < 1.29 is 9.47 Å². The van der Waals surface area contributed by atoms with Crippen LogP contribution in [-0.4, -0.2) is 88.4 Å². The Kier molecular flexibility index (Phi) is 9.93. The third-order valence-electron chi connectivity index (χ3n) is 4.76. The average Bonchev–Trinajstić information content (AvgIpc) is 2.90. The van der Waals surface area contributed by atoms with Gasteiger partial charge in [-0.3, -0.25) is 0 Å². The molecule has 1 aliphatic rings. The highest BCUT2D eigenvalue weighted by atomic mass is 16.5. The summed E-state index contributed by atoms with van der Waals surface area (Å²) in [7, 11) is 3.86. The van der Waals surface area contributed by atoms with Crippen LogP contribution in [0.25, 0.3) is 0 Å². The van der Waals surface area contributed by atoms with E-state index in [0.717, 1.165) is 50.2 Å². The van der Waals surface area contributed by atoms with E-state index < -0.39 is 0 Å². The zero-order valence-electron chi connectivity index (χ0n) is 17.9. The van der Waals surface area contributed by atoms with E-state index >= 15 is 0 Å². The Hall–Kier alpha value is -1.99. The molecule has 1 saturated heterocycles. The molecule has 1 unspecified atom stereocenters. The van der Waals surface area contributed by atoms with Crippen LogP contribution < -0.4 is 20.1 Å². The summed E-state index contributed by atoms with van der Waals surface area (Å²) in [5.74, 6) is 2.43. The highest BCUT2D eigenvalue weighted by Gasteiger charge is 2.11. The van der Waals surface area contributed by atoms with Gasteiger partial charge in [-0.2, -0.15) is 0 Å². The molecule has 1 fully saturated rings. The van der Waals surface area contributed by atoms with Crippen molar-refractivity contribution in [3.8, 4) is 11.5 Å². The fraction of sp³-hybridized carbons (Fsp3) is 0.667. The van der Waals surface area contributed by atoms with Gasteiger partial charge in [-0.1, -0.05) is 6.07 Å². The van der Waals surface area contributed by atoms with Gasteiger partial charge >= 0.3 is 0 Å². The summed E-state index contributed by atoms with van der Waals surface area (Å²) >= 11 is 0. The van der Waals surface area contributed by atoms with E-state index in [2.05, 4.69) is 39.4 Å². The number of ether oxygens (including phenoxy) is 2. The fourth-order valence-electron chi connectivity index (χ4n) is 3.16. The molecule has 0 saturated carbocycles. The third kappa shape index (κ3) is 8.35. The van der Waals surface area contributed by atoms with Crippen molar-refractivity contribution in [2.75, 3.05) is 66.5 Å². The number of hydrogen-bond donors (Lipinski definition) is 2. The second kappa shape index (κ2) is 12.5. The SMILES string of the molecule is CCNC(=NCC(C)Oc1cccc(OC)c1)NCCN1CCCN(C)CC1. The largest absolute Gasteiger partial charge is 0.497 e. The maximum atomic E-state index is 5.95. The minimum Gasteiger partial charge on any atom is -0.497 e. The molecule has 0 spiro atoms. The summed E-state index contributed by atoms with van der Waals surface area (Å²) in [5, 5.41) is 6.76. The molecule has 1 aliphatic heterocycles. The normalized spacial score (nSPS) is 17.6. The molecule has 1 heterocycles. The molecule has 7 heteroatoms. The van der Waals surface area contributed by atoms with Crippen LogP contribution in [0.3, 0.4) is 0 Å². The lowest BCUT2D eigenvalue weighted by molar-refractivity contribution is 0.229. The van der Waals surface area contributed by atoms with Gasteiger partial charge in [-0.15, -0.1) is 0 Å². The van der Waals surface area contributed by atoms with E-state index in [1.54, 1.807) is 7.11 Å². The predicted molar refractivity (Wildman–Crippen MR) is 116 cm³/mol. The van der Waals surface area contributed by atoms with E-state index in [-0.39, 0.29) is 6.10 Å². The number of nitrogens with one attached hydrogen (secondary N) is 2. The predicted octanol–water partition coefficient (Wildman–Crippen LogP) is 1.66. The van der Waals surface area contributed by atoms with Crippen LogP contribution in [0.2, 0.25) is 0 Å². The van der Waals surface area contributed by atoms with Gasteiger partial charge in [0.25, 0.3) is 0 Å². The van der Waals surface area contributed by atoms with Crippen LogP contribution in [-0.2, 0) is 0 Å². The number of guanidine groups is 1. The van der Waals surface area contributed by atoms with Crippen LogP contribution in [0.5, 0.6) is 11.5 Å². The lowest BCUT2D eigenvalue weighted by atomic mass is 10.3. The standard InChI is InChI=1S/C21H37N5O2/c1-5-22-21(23-10-13-26-12-7-11-25(3)14-15-26)24-17-18(2)28-20-9-6-8-19(16-20)27-4/h6,8-9,16,18H,5,7,10-15,17H2,1-4H3,(H2,22,23,24). The van der Waals surface area contributed by atoms with Crippen molar-refractivity contribution in [3.05, 3.63) is 24.3 Å². The third-order valence-corrected chi connectivity index (χ3v) is 4.76. The summed E-state index contributed by atoms with van der Waals surface area (Å²) in [6, 6.07) is 7.66. The summed E-state index contributed by atoms with van der Waals surface area (Å²) in [6.07, 6.45) is 1.22. The van der Waals surface area contributed by atoms with Crippen LogP contribution >= 0.6 is 0 Å². The molecule has 0 aliphatic carbocycles. The Morgan fingerprint density at radius 1 is 1.18 bits per heavy atom. The minimum absolute atomic E-state index is 0.0243. The zero-order chi connectivity index (χ0) is 20.2. The molecular weight excluding hydrogens is 354 g/mol. The van der Waals surface area contributed by atoms with Gasteiger partial charge in [0.15, 0.2) is 5.96 Å². The number of benzene rings is 1. The molecule has 2 rings (SSSR count). The van der Waals surface area contributed by atoms with Gasteiger partial charge in [0.2, 0.25) is 0 Å². The molecule has 0 aromatic heterocycles. The lowest BCUT2D eigenvalue weighted by Gasteiger charge is -2.21. The Bertz CT molecular complexity index is 596. The van der Waals surface area contributed by atoms with Crippen LogP contribution in [0.15, 0.2) is 29.3 Å². The first-order chi connectivity index (χ1) is 13.6. The van der Waals surface area contributed by atoms with Crippen molar-refractivity contribution in [1.29, 1.82) is 0 Å². The van der Waals surface area contributed by atoms with Crippen molar-refractivity contribution in [2.24, 2.45) is 4.99 Å². The number of likely N-dealkylation sites (N-methyl/N-ethyl adjacent to an activating group) is 1. The Labute approximate surface area is 170 Å². The topological polar surface area (TPSA) is 61.4 Å². The molecule has 0 radical (unpaired) electrons. The molecule has 0 amide bonds. The summed E-state index contributed by atoms with van der Waals surface area (Å²) in [4.78, 5) is 9.60. The fourth-order valence-corrected chi connectivity index (χ4v) is 3.16. The van der Waals surface area contributed by atoms with E-state index in [9.17, 15) is 0 Å². The van der Waals surface area contributed by atoms with Gasteiger partial charge in [-0.25, -0.2) is 4.99 Å². The number of methoxy groups -OCH3 is 1. The molecule has 1 aromatic rings. The molecule has 7 nitrogen and oxygen atoms in total. The first-order valence-corrected chi connectivity index (χ1v) is 10.3. The highest BCUT2D eigenvalue weighted by Crippen LogP contribution is 2.19. The van der Waals surface area contributed by atoms with Gasteiger partial charge < -0.3 is 29.9 Å². The summed E-state index contributed by atoms with van der Waals surface area (Å²) in [6.45, 7) is 12.1. The van der Waals surface area contributed by atoms with E-state index in [0.29, 0.717) is 6.54 Å². The maximum Gasteiger partial charge on any atom is 0.191 e. The molecule has 1 aromatic carbocycles. The van der Waals surface area contributed by atoms with E-state index in [4.69, 9.17) is 9.47 Å². The van der Waals surface area contributed by atoms with Gasteiger partial charge in [0.05, 0.1) is 13.7 Å². The number of nitrogens with zero attached hydrogens (tertiary/aromatic N) is 3. The van der Waals surface area contributed by atoms with Gasteiger partial charge in [0.1, 0.15) is 17.6 Å². The van der Waals surface area contributed by atoms with Gasteiger partial charge in [-0.05, 0) is 52.5 Å². The van der Waals surface area contributed by atoms with E-state index in [1.165, 1.54) is 19.5 Å². The molecule has 158 valence electrons. The molecule has 0 bridgehead atoms. The Morgan fingerprint density at radius 2 is 2.00 bits per heavy atom. The quantitative estimate of drug-likeness (QED) is 0.493. The minimum atomic E-state index is -0.0243. The van der Waals surface area contributed by atoms with Crippen molar-refractivity contribution in [3.63, 3.8) is 0 Å². The smallest absolute Gasteiger partial charge is 0.191 e. The monoisotopic (exact) mass is 391 g/mol. The molecular formula is C21H37N5O2. The van der Waals surface area contributed by atoms with E-state index in [1.807, 2.05) is 31.2 Å². The average molecular weight is 392 g/mol. The second-order valence-corrected chi connectivity index (χ2v) is 7.25. The van der Waals surface area contributed by atoms with Gasteiger partial charge in [0, 0.05) is 38.8 Å². The van der Waals surface area contributed by atoms with Crippen LogP contribution in [0, 0.1) is 0 Å². The Balaban J connectivity index is 1.77. The van der Waals surface area contributed by atoms with Crippen molar-refractivity contribution in [1.82, 2.24) is 20.4 Å². The van der Waals surface area contributed by atoms with Crippen molar-refractivity contribution >= 4 is 5.96 Å². The van der Waals surface area contributed by atoms with Crippen LogP contribution in [0.1, 0.15) is 20.3 Å². The molecule has 2 N–H and O–H groups in total. The first-order valence-electron chi connectivity index (χ1n) is 10.3. The van der Waals surface area contributed by atoms with Crippen molar-refractivity contribution in [2.45, 2.75) is 26.4 Å². The molecule has 28 heavy (non-hydrogen) atoms. The number of aliphatic imine (C=N–C) groups is 1. The lowest BCUT2D eigenvalue weighted by Crippen LogP contribution is -2.42. The molecule has 1 atom stereocenters. The number of hydrogen-bond acceptors (Lipinski definition) is 5. The number of rotatable bonds is 9. The summed E-state index contributed by atoms with van der Waals surface area (Å²) in [5.41, 5.74) is 0. The highest BCUT2D eigenvalue weighted by molar-refractivity contribution is 5.79. The first kappa shape index (κ1) is 22.3. The maximum absolute atomic E-state index is 5.95. The zero-order valence-corrected chi connectivity index (χ0v) is 17.9.